The molecule has 0 bridgehead atoms. The number of thiophene rings is 1. The van der Waals surface area contributed by atoms with Crippen molar-refractivity contribution >= 4 is 28.6 Å². The smallest absolute Gasteiger partial charge is 0.267 e. The van der Waals surface area contributed by atoms with Crippen molar-refractivity contribution in [2.75, 3.05) is 11.1 Å². The predicted octanol–water partition coefficient (Wildman–Crippen LogP) is 3.24. The quantitative estimate of drug-likeness (QED) is 0.774. The van der Waals surface area contributed by atoms with E-state index in [1.54, 1.807) is 17.6 Å². The molecular weight excluding hydrogens is 274 g/mol. The first-order chi connectivity index (χ1) is 9.74. The van der Waals surface area contributed by atoms with Crippen LogP contribution in [-0.4, -0.2) is 10.9 Å². The van der Waals surface area contributed by atoms with Gasteiger partial charge in [-0.05, 0) is 23.6 Å². The molecule has 3 aromatic rings. The number of aromatic nitrogens is 1. The summed E-state index contributed by atoms with van der Waals surface area (Å²) in [6, 6.07) is 9.06. The van der Waals surface area contributed by atoms with E-state index in [1.165, 1.54) is 17.7 Å². The second-order valence-corrected chi connectivity index (χ2v) is 5.02. The number of rotatable bonds is 3. The highest BCUT2D eigenvalue weighted by atomic mass is 32.1. The van der Waals surface area contributed by atoms with Crippen molar-refractivity contribution in [2.24, 2.45) is 0 Å². The summed E-state index contributed by atoms with van der Waals surface area (Å²) in [5, 5.41) is 4.60. The highest BCUT2D eigenvalue weighted by Gasteiger charge is 2.12. The van der Waals surface area contributed by atoms with Crippen LogP contribution in [0, 0.1) is 0 Å². The Morgan fingerprint density at radius 1 is 1.35 bits per heavy atom. The summed E-state index contributed by atoms with van der Waals surface area (Å²) in [5.74, 6) is 0.434. The van der Waals surface area contributed by atoms with Gasteiger partial charge >= 0.3 is 0 Å². The molecule has 6 heteroatoms. The molecule has 0 spiro atoms. The topological polar surface area (TPSA) is 81.2 Å². The molecule has 1 amide bonds. The number of nitrogens with one attached hydrogen (secondary N) is 1. The molecule has 3 rings (SSSR count). The van der Waals surface area contributed by atoms with Gasteiger partial charge in [-0.1, -0.05) is 12.1 Å². The maximum absolute atomic E-state index is 12.1. The summed E-state index contributed by atoms with van der Waals surface area (Å²) < 4.78 is 5.23. The summed E-state index contributed by atoms with van der Waals surface area (Å²) in [5.41, 5.74) is 7.74. The fourth-order valence-electron chi connectivity index (χ4n) is 1.80. The zero-order chi connectivity index (χ0) is 13.9. The Hall–Kier alpha value is -2.60. The van der Waals surface area contributed by atoms with Crippen LogP contribution in [0.15, 0.2) is 52.7 Å². The number of anilines is 2. The molecule has 3 N–H and O–H groups in total. The molecule has 0 atom stereocenters. The average Bonchev–Trinajstić information content (AvgIpc) is 3.09. The number of oxazole rings is 1. The molecule has 2 heterocycles. The lowest BCUT2D eigenvalue weighted by Gasteiger charge is -2.05. The first kappa shape index (κ1) is 12.4. The second kappa shape index (κ2) is 5.18. The normalized spacial score (nSPS) is 10.4. The minimum atomic E-state index is -0.216. The molecule has 0 aliphatic rings. The first-order valence-electron chi connectivity index (χ1n) is 5.87. The number of hydrogen-bond acceptors (Lipinski definition) is 5. The average molecular weight is 285 g/mol. The van der Waals surface area contributed by atoms with Crippen LogP contribution in [0.25, 0.3) is 11.3 Å². The van der Waals surface area contributed by atoms with Gasteiger partial charge in [0, 0.05) is 11.3 Å². The van der Waals surface area contributed by atoms with Gasteiger partial charge in [-0.25, -0.2) is 4.98 Å². The monoisotopic (exact) mass is 285 g/mol. The van der Waals surface area contributed by atoms with Gasteiger partial charge < -0.3 is 15.5 Å². The Morgan fingerprint density at radius 3 is 2.95 bits per heavy atom. The fraction of sp³-hybridized carbons (Fsp3) is 0. The highest BCUT2D eigenvalue weighted by Crippen LogP contribution is 2.24. The first-order valence-corrected chi connectivity index (χ1v) is 6.75. The third-order valence-corrected chi connectivity index (χ3v) is 3.67. The Balaban J connectivity index is 1.83. The zero-order valence-electron chi connectivity index (χ0n) is 10.4. The SMILES string of the molecule is Nc1ccsc1C(=O)Nc1cccc(-c2cnco2)c1. The summed E-state index contributed by atoms with van der Waals surface area (Å²) in [4.78, 5) is 16.5. The van der Waals surface area contributed by atoms with E-state index in [9.17, 15) is 4.79 Å². The van der Waals surface area contributed by atoms with Crippen molar-refractivity contribution in [1.29, 1.82) is 0 Å². The minimum Gasteiger partial charge on any atom is -0.444 e. The number of carbonyl (C=O) groups is 1. The number of nitrogens with two attached hydrogens (primary N) is 1. The van der Waals surface area contributed by atoms with Crippen molar-refractivity contribution in [3.8, 4) is 11.3 Å². The van der Waals surface area contributed by atoms with E-state index in [-0.39, 0.29) is 5.91 Å². The van der Waals surface area contributed by atoms with Crippen LogP contribution in [0.4, 0.5) is 11.4 Å². The van der Waals surface area contributed by atoms with Gasteiger partial charge in [0.1, 0.15) is 4.88 Å². The van der Waals surface area contributed by atoms with E-state index < -0.39 is 0 Å². The van der Waals surface area contributed by atoms with E-state index in [1.807, 2.05) is 24.3 Å². The molecule has 5 nitrogen and oxygen atoms in total. The third-order valence-electron chi connectivity index (χ3n) is 2.74. The lowest BCUT2D eigenvalue weighted by atomic mass is 10.1. The van der Waals surface area contributed by atoms with Crippen LogP contribution in [0.2, 0.25) is 0 Å². The molecule has 0 aliphatic carbocycles. The highest BCUT2D eigenvalue weighted by molar-refractivity contribution is 7.12. The van der Waals surface area contributed by atoms with Crippen LogP contribution in [0.3, 0.4) is 0 Å². The second-order valence-electron chi connectivity index (χ2n) is 4.11. The maximum Gasteiger partial charge on any atom is 0.267 e. The van der Waals surface area contributed by atoms with Crippen LogP contribution >= 0.6 is 11.3 Å². The molecule has 0 radical (unpaired) electrons. The molecule has 20 heavy (non-hydrogen) atoms. The maximum atomic E-state index is 12.1. The molecule has 0 fully saturated rings. The largest absolute Gasteiger partial charge is 0.444 e. The van der Waals surface area contributed by atoms with E-state index in [4.69, 9.17) is 10.2 Å². The summed E-state index contributed by atoms with van der Waals surface area (Å²) in [6.07, 6.45) is 2.99. The van der Waals surface area contributed by atoms with Gasteiger partial charge in [-0.2, -0.15) is 0 Å². The number of carbonyl (C=O) groups excluding carboxylic acids is 1. The molecule has 0 aliphatic heterocycles. The summed E-state index contributed by atoms with van der Waals surface area (Å²) in [6.45, 7) is 0. The van der Waals surface area contributed by atoms with Crippen molar-refractivity contribution < 1.29 is 9.21 Å². The zero-order valence-corrected chi connectivity index (χ0v) is 11.2. The fourth-order valence-corrected chi connectivity index (χ4v) is 2.51. The Bertz CT molecular complexity index is 734. The number of benzene rings is 1. The van der Waals surface area contributed by atoms with Gasteiger partial charge in [0.15, 0.2) is 12.2 Å². The standard InChI is InChI=1S/C14H11N3O2S/c15-11-4-5-20-13(11)14(18)17-10-3-1-2-9(6-10)12-7-16-8-19-12/h1-8H,15H2,(H,17,18). The number of nitrogens with zero attached hydrogens (tertiary/aromatic N) is 1. The molecule has 1 aromatic carbocycles. The molecular formula is C14H11N3O2S. The van der Waals surface area contributed by atoms with Crippen LogP contribution < -0.4 is 11.1 Å². The molecule has 0 saturated carbocycles. The van der Waals surface area contributed by atoms with Crippen LogP contribution in [0.5, 0.6) is 0 Å². The lowest BCUT2D eigenvalue weighted by Crippen LogP contribution is -2.11. The number of hydrogen-bond donors (Lipinski definition) is 2. The summed E-state index contributed by atoms with van der Waals surface area (Å²) in [7, 11) is 0. The van der Waals surface area contributed by atoms with Crippen molar-refractivity contribution in [1.82, 2.24) is 4.98 Å². The van der Waals surface area contributed by atoms with Gasteiger partial charge in [0.05, 0.1) is 11.9 Å². The Morgan fingerprint density at radius 2 is 2.25 bits per heavy atom. The van der Waals surface area contributed by atoms with Crippen molar-refractivity contribution in [3.05, 3.63) is 53.2 Å². The lowest BCUT2D eigenvalue weighted by molar-refractivity contribution is 0.103. The number of amides is 1. The van der Waals surface area contributed by atoms with Crippen molar-refractivity contribution in [3.63, 3.8) is 0 Å². The van der Waals surface area contributed by atoms with E-state index in [2.05, 4.69) is 10.3 Å². The van der Waals surface area contributed by atoms with E-state index in [0.29, 0.717) is 22.0 Å². The molecule has 2 aromatic heterocycles. The van der Waals surface area contributed by atoms with Gasteiger partial charge in [0.2, 0.25) is 0 Å². The molecule has 0 unspecified atom stereocenters. The summed E-state index contributed by atoms with van der Waals surface area (Å²) >= 11 is 1.31. The number of nitrogen functional groups attached to an aromatic ring is 1. The van der Waals surface area contributed by atoms with Crippen LogP contribution in [-0.2, 0) is 0 Å². The molecule has 0 saturated heterocycles. The van der Waals surface area contributed by atoms with Crippen LogP contribution in [0.1, 0.15) is 9.67 Å². The molecule has 100 valence electrons. The van der Waals surface area contributed by atoms with E-state index in [0.717, 1.165) is 5.56 Å². The third kappa shape index (κ3) is 2.41. The van der Waals surface area contributed by atoms with Crippen molar-refractivity contribution in [2.45, 2.75) is 0 Å². The Kier molecular flexibility index (Phi) is 3.22. The predicted molar refractivity (Wildman–Crippen MR) is 78.6 cm³/mol. The van der Waals surface area contributed by atoms with Gasteiger partial charge in [0.25, 0.3) is 5.91 Å². The van der Waals surface area contributed by atoms with Gasteiger partial charge in [-0.15, -0.1) is 11.3 Å². The minimum absolute atomic E-state index is 0.216. The van der Waals surface area contributed by atoms with E-state index >= 15 is 0 Å². The Labute approximate surface area is 119 Å². The van der Waals surface area contributed by atoms with Gasteiger partial charge in [-0.3, -0.25) is 4.79 Å².